The van der Waals surface area contributed by atoms with E-state index in [9.17, 15) is 9.90 Å². The van der Waals surface area contributed by atoms with Crippen molar-refractivity contribution in [2.24, 2.45) is 0 Å². The third-order valence-corrected chi connectivity index (χ3v) is 5.90. The molecule has 0 aromatic heterocycles. The van der Waals surface area contributed by atoms with Gasteiger partial charge < -0.3 is 5.11 Å². The zero-order valence-electron chi connectivity index (χ0n) is 14.8. The fourth-order valence-electron chi connectivity index (χ4n) is 3.38. The molecule has 29 heavy (non-hydrogen) atoms. The van der Waals surface area contributed by atoms with E-state index in [-0.39, 0.29) is 12.6 Å². The van der Waals surface area contributed by atoms with Gasteiger partial charge in [-0.05, 0) is 66.7 Å². The average molecular weight is 513 g/mol. The van der Waals surface area contributed by atoms with E-state index in [0.29, 0.717) is 36.5 Å². The molecule has 1 saturated heterocycles. The van der Waals surface area contributed by atoms with Crippen molar-refractivity contribution in [1.82, 2.24) is 0 Å². The maximum Gasteiger partial charge on any atom is 0.331 e. The van der Waals surface area contributed by atoms with Crippen molar-refractivity contribution in [2.45, 2.75) is 5.72 Å². The lowest BCUT2D eigenvalue weighted by molar-refractivity contribution is 0.0655. The highest BCUT2D eigenvalue weighted by Gasteiger charge is 2.51. The predicted octanol–water partition coefficient (Wildman–Crippen LogP) is 6.70. The number of rotatable bonds is 3. The minimum atomic E-state index is -1.65. The second-order valence-corrected chi connectivity index (χ2v) is 8.86. The topological polar surface area (TPSA) is 43.8 Å². The van der Waals surface area contributed by atoms with E-state index in [2.05, 4.69) is 15.9 Å². The van der Waals surface area contributed by atoms with Gasteiger partial charge in [-0.2, -0.15) is 0 Å². The number of anilines is 2. The first kappa shape index (κ1) is 20.5. The van der Waals surface area contributed by atoms with Crippen LogP contribution >= 0.6 is 50.7 Å². The molecule has 1 atom stereocenters. The van der Waals surface area contributed by atoms with E-state index in [1.807, 2.05) is 0 Å². The smallest absolute Gasteiger partial charge is 0.331 e. The molecule has 1 aliphatic heterocycles. The number of aliphatic hydroxyl groups is 1. The first-order valence-corrected chi connectivity index (χ1v) is 10.5. The maximum atomic E-state index is 13.4. The molecule has 0 bridgehead atoms. The van der Waals surface area contributed by atoms with E-state index in [1.54, 1.807) is 66.7 Å². The molecule has 0 saturated carbocycles. The van der Waals surface area contributed by atoms with Crippen molar-refractivity contribution in [1.29, 1.82) is 0 Å². The van der Waals surface area contributed by atoms with Crippen LogP contribution in [0.5, 0.6) is 0 Å². The lowest BCUT2D eigenvalue weighted by atomic mass is 10.0. The Morgan fingerprint density at radius 1 is 0.828 bits per heavy atom. The van der Waals surface area contributed by atoms with Crippen molar-refractivity contribution in [3.63, 3.8) is 0 Å². The molecule has 148 valence electrons. The van der Waals surface area contributed by atoms with Crippen molar-refractivity contribution in [3.8, 4) is 0 Å². The van der Waals surface area contributed by atoms with Crippen LogP contribution < -0.4 is 9.80 Å². The van der Waals surface area contributed by atoms with Crippen molar-refractivity contribution >= 4 is 68.1 Å². The average Bonchev–Trinajstić information content (AvgIpc) is 2.95. The monoisotopic (exact) mass is 510 g/mol. The van der Waals surface area contributed by atoms with Gasteiger partial charge >= 0.3 is 6.03 Å². The zero-order chi connectivity index (χ0) is 20.8. The Bertz CT molecular complexity index is 1060. The number of β-amino-alcohol motifs (C(OH)–C–C–N with tert-alkyl or cyclic N) is 1. The summed E-state index contributed by atoms with van der Waals surface area (Å²) in [5.41, 5.74) is -0.0423. The Balaban J connectivity index is 1.86. The van der Waals surface area contributed by atoms with Crippen LogP contribution in [-0.2, 0) is 5.72 Å². The molecule has 1 N–H and O–H groups in total. The van der Waals surface area contributed by atoms with E-state index >= 15 is 0 Å². The summed E-state index contributed by atoms with van der Waals surface area (Å²) in [5.74, 6) is 0. The second kappa shape index (κ2) is 7.82. The van der Waals surface area contributed by atoms with Crippen LogP contribution in [0.25, 0.3) is 0 Å². The number of benzene rings is 3. The van der Waals surface area contributed by atoms with E-state index in [4.69, 9.17) is 34.8 Å². The molecule has 4 rings (SSSR count). The molecule has 8 heteroatoms. The summed E-state index contributed by atoms with van der Waals surface area (Å²) in [6.45, 7) is 0.00285. The number of hydrogen-bond donors (Lipinski definition) is 1. The van der Waals surface area contributed by atoms with Crippen LogP contribution in [0.4, 0.5) is 16.2 Å². The molecule has 1 heterocycles. The lowest BCUT2D eigenvalue weighted by Crippen LogP contribution is -2.44. The summed E-state index contributed by atoms with van der Waals surface area (Å²) in [6, 6.07) is 18.3. The molecule has 0 radical (unpaired) electrons. The summed E-state index contributed by atoms with van der Waals surface area (Å²) in [6.07, 6.45) is 0. The van der Waals surface area contributed by atoms with Gasteiger partial charge in [0, 0.05) is 36.5 Å². The summed E-state index contributed by atoms with van der Waals surface area (Å²) >= 11 is 21.6. The highest BCUT2D eigenvalue weighted by atomic mass is 79.9. The van der Waals surface area contributed by atoms with Crippen molar-refractivity contribution in [2.75, 3.05) is 16.3 Å². The van der Waals surface area contributed by atoms with Crippen LogP contribution in [0.15, 0.2) is 71.2 Å². The second-order valence-electron chi connectivity index (χ2n) is 6.63. The summed E-state index contributed by atoms with van der Waals surface area (Å²) in [7, 11) is 0. The molecule has 2 amide bonds. The molecule has 4 nitrogen and oxygen atoms in total. The third kappa shape index (κ3) is 3.86. The number of carbonyl (C=O) groups is 1. The molecule has 0 spiro atoms. The molecular formula is C21H14BrCl3N2O2. The minimum absolute atomic E-state index is 0.00285. The zero-order valence-corrected chi connectivity index (χ0v) is 18.7. The number of halogens is 4. The van der Waals surface area contributed by atoms with E-state index in [0.717, 1.165) is 0 Å². The SMILES string of the molecule is O=C1N(c2ccc(Cl)cc2)CC(O)(c2cc(Cl)cc(Br)c2)N1c1ccc(Cl)cc1. The van der Waals surface area contributed by atoms with Gasteiger partial charge in [0.1, 0.15) is 0 Å². The Labute approximate surface area is 191 Å². The Morgan fingerprint density at radius 3 is 1.93 bits per heavy atom. The third-order valence-electron chi connectivity index (χ3n) is 4.72. The fraction of sp³-hybridized carbons (Fsp3) is 0.0952. The number of amides is 2. The Hall–Kier alpha value is -1.76. The number of carbonyl (C=O) groups excluding carboxylic acids is 1. The van der Waals surface area contributed by atoms with Gasteiger partial charge in [0.05, 0.1) is 6.54 Å². The molecule has 0 aliphatic carbocycles. The first-order valence-electron chi connectivity index (χ1n) is 8.60. The molecule has 3 aromatic carbocycles. The van der Waals surface area contributed by atoms with Gasteiger partial charge in [-0.1, -0.05) is 50.7 Å². The largest absolute Gasteiger partial charge is 0.365 e. The highest BCUT2D eigenvalue weighted by Crippen LogP contribution is 2.41. The first-order chi connectivity index (χ1) is 13.8. The number of nitrogens with zero attached hydrogens (tertiary/aromatic N) is 2. The Kier molecular flexibility index (Phi) is 5.53. The van der Waals surface area contributed by atoms with E-state index < -0.39 is 5.72 Å². The number of hydrogen-bond acceptors (Lipinski definition) is 2. The standard InChI is InChI=1S/C21H14BrCl3N2O2/c22-14-9-13(10-17(25)11-14)21(29)12-26(18-5-1-15(23)2-6-18)20(28)27(21)19-7-3-16(24)4-8-19/h1-11,29H,12H2. The summed E-state index contributed by atoms with van der Waals surface area (Å²) < 4.78 is 0.696. The quantitative estimate of drug-likeness (QED) is 0.424. The number of urea groups is 1. The minimum Gasteiger partial charge on any atom is -0.365 e. The maximum absolute atomic E-state index is 13.4. The van der Waals surface area contributed by atoms with Gasteiger partial charge in [-0.15, -0.1) is 0 Å². The van der Waals surface area contributed by atoms with Gasteiger partial charge in [0.2, 0.25) is 0 Å². The summed E-state index contributed by atoms with van der Waals surface area (Å²) in [4.78, 5) is 16.3. The van der Waals surface area contributed by atoms with Crippen molar-refractivity contribution < 1.29 is 9.90 Å². The van der Waals surface area contributed by atoms with Gasteiger partial charge in [-0.25, -0.2) is 4.79 Å². The molecule has 1 aliphatic rings. The molecule has 3 aromatic rings. The Morgan fingerprint density at radius 2 is 1.38 bits per heavy atom. The van der Waals surface area contributed by atoms with E-state index in [1.165, 1.54) is 9.80 Å². The van der Waals surface area contributed by atoms with Gasteiger partial charge in [0.15, 0.2) is 5.72 Å². The normalized spacial score (nSPS) is 19.1. The molecule has 1 unspecified atom stereocenters. The highest BCUT2D eigenvalue weighted by molar-refractivity contribution is 9.10. The van der Waals surface area contributed by atoms with Gasteiger partial charge in [-0.3, -0.25) is 9.80 Å². The van der Waals surface area contributed by atoms with Crippen LogP contribution in [0, 0.1) is 0 Å². The van der Waals surface area contributed by atoms with Crippen LogP contribution in [0.3, 0.4) is 0 Å². The van der Waals surface area contributed by atoms with Crippen LogP contribution in [0.2, 0.25) is 15.1 Å². The van der Waals surface area contributed by atoms with Crippen LogP contribution in [0.1, 0.15) is 5.56 Å². The summed E-state index contributed by atoms with van der Waals surface area (Å²) in [5, 5.41) is 13.3. The fourth-order valence-corrected chi connectivity index (χ4v) is 4.49. The molecule has 1 fully saturated rings. The van der Waals surface area contributed by atoms with Gasteiger partial charge in [0.25, 0.3) is 0 Å². The lowest BCUT2D eigenvalue weighted by Gasteiger charge is -2.32. The predicted molar refractivity (Wildman–Crippen MR) is 121 cm³/mol. The van der Waals surface area contributed by atoms with Crippen molar-refractivity contribution in [3.05, 3.63) is 91.8 Å². The molecular weight excluding hydrogens is 499 g/mol. The van der Waals surface area contributed by atoms with Crippen LogP contribution in [-0.4, -0.2) is 17.7 Å².